The topological polar surface area (TPSA) is 3.24 Å². The van der Waals surface area contributed by atoms with E-state index in [4.69, 9.17) is 0 Å². The van der Waals surface area contributed by atoms with Crippen LogP contribution in [0.5, 0.6) is 0 Å². The molecule has 0 aliphatic rings. The van der Waals surface area contributed by atoms with E-state index in [-0.39, 0.29) is 0 Å². The minimum absolute atomic E-state index is 1.11. The van der Waals surface area contributed by atoms with Crippen LogP contribution in [0.25, 0.3) is 54.9 Å². The summed E-state index contributed by atoms with van der Waals surface area (Å²) in [5, 5.41) is 4.97. The van der Waals surface area contributed by atoms with Crippen LogP contribution in [-0.2, 0) is 0 Å². The summed E-state index contributed by atoms with van der Waals surface area (Å²) in [7, 11) is 0. The summed E-state index contributed by atoms with van der Waals surface area (Å²) in [6.45, 7) is 0. The van der Waals surface area contributed by atoms with Crippen LogP contribution in [0.2, 0.25) is 0 Å². The summed E-state index contributed by atoms with van der Waals surface area (Å²) in [5.41, 5.74) is 10.7. The lowest BCUT2D eigenvalue weighted by Crippen LogP contribution is -2.11. The highest BCUT2D eigenvalue weighted by Gasteiger charge is 2.23. The van der Waals surface area contributed by atoms with Gasteiger partial charge in [-0.15, -0.1) is 0 Å². The van der Waals surface area contributed by atoms with Crippen molar-refractivity contribution in [3.05, 3.63) is 188 Å². The average molecular weight is 574 g/mol. The summed E-state index contributed by atoms with van der Waals surface area (Å²) < 4.78 is 0. The molecule has 8 aromatic carbocycles. The van der Waals surface area contributed by atoms with Crippen LogP contribution in [0, 0.1) is 0 Å². The van der Waals surface area contributed by atoms with Gasteiger partial charge >= 0.3 is 0 Å². The highest BCUT2D eigenvalue weighted by atomic mass is 15.1. The zero-order valence-corrected chi connectivity index (χ0v) is 24.8. The molecule has 0 fully saturated rings. The fourth-order valence-electron chi connectivity index (χ4n) is 6.67. The van der Waals surface area contributed by atoms with Gasteiger partial charge in [0.2, 0.25) is 0 Å². The third-order valence-electron chi connectivity index (χ3n) is 8.62. The Hall–Kier alpha value is -5.92. The van der Waals surface area contributed by atoms with Crippen molar-refractivity contribution in [2.24, 2.45) is 0 Å². The normalized spacial score (nSPS) is 11.1. The largest absolute Gasteiger partial charge is 0.310 e. The number of nitrogens with zero attached hydrogens (tertiary/aromatic N) is 1. The second kappa shape index (κ2) is 11.6. The first-order chi connectivity index (χ1) is 22.4. The third-order valence-corrected chi connectivity index (χ3v) is 8.62. The lowest BCUT2D eigenvalue weighted by molar-refractivity contribution is 1.30. The Morgan fingerprint density at radius 1 is 0.289 bits per heavy atom. The van der Waals surface area contributed by atoms with Gasteiger partial charge in [-0.2, -0.15) is 0 Å². The van der Waals surface area contributed by atoms with E-state index in [9.17, 15) is 0 Å². The Labute approximate surface area is 264 Å². The van der Waals surface area contributed by atoms with Gasteiger partial charge in [-0.3, -0.25) is 0 Å². The van der Waals surface area contributed by atoms with Gasteiger partial charge in [-0.25, -0.2) is 0 Å². The van der Waals surface area contributed by atoms with Gasteiger partial charge in [-0.1, -0.05) is 158 Å². The van der Waals surface area contributed by atoms with Gasteiger partial charge in [0.1, 0.15) is 0 Å². The van der Waals surface area contributed by atoms with E-state index in [0.717, 1.165) is 17.1 Å². The summed E-state index contributed by atoms with van der Waals surface area (Å²) in [6, 6.07) is 67.6. The molecule has 212 valence electrons. The van der Waals surface area contributed by atoms with Gasteiger partial charge in [0.05, 0.1) is 5.69 Å². The second-order valence-corrected chi connectivity index (χ2v) is 11.3. The Morgan fingerprint density at radius 2 is 0.756 bits per heavy atom. The zero-order chi connectivity index (χ0) is 30.0. The van der Waals surface area contributed by atoms with Gasteiger partial charge in [0.15, 0.2) is 0 Å². The molecular weight excluding hydrogens is 542 g/mol. The smallest absolute Gasteiger partial charge is 0.0546 e. The quantitative estimate of drug-likeness (QED) is 0.179. The number of benzene rings is 8. The maximum atomic E-state index is 2.42. The van der Waals surface area contributed by atoms with Gasteiger partial charge in [0.25, 0.3) is 0 Å². The molecule has 0 N–H and O–H groups in total. The molecule has 0 unspecified atom stereocenters. The van der Waals surface area contributed by atoms with Crippen molar-refractivity contribution in [1.82, 2.24) is 0 Å². The van der Waals surface area contributed by atoms with Crippen molar-refractivity contribution >= 4 is 38.6 Å². The predicted molar refractivity (Wildman–Crippen MR) is 192 cm³/mol. The molecule has 1 heteroatoms. The molecule has 0 spiro atoms. The molecular formula is C44H31N. The summed E-state index contributed by atoms with van der Waals surface area (Å²) in [5.74, 6) is 0. The first-order valence-corrected chi connectivity index (χ1v) is 15.5. The van der Waals surface area contributed by atoms with Gasteiger partial charge in [0, 0.05) is 22.3 Å². The molecule has 0 bridgehead atoms. The maximum absolute atomic E-state index is 2.42. The number of rotatable bonds is 6. The third kappa shape index (κ3) is 4.85. The highest BCUT2D eigenvalue weighted by Crippen LogP contribution is 2.50. The van der Waals surface area contributed by atoms with E-state index in [1.54, 1.807) is 0 Å². The van der Waals surface area contributed by atoms with Gasteiger partial charge < -0.3 is 4.90 Å². The molecule has 8 rings (SSSR count). The standard InChI is InChI=1S/C44H31N/c1-5-17-32(18-6-1)35-23-15-26-37(31-35)45(36-24-11-4-12-25-36)41-30-16-29-40-38-27-13-14-28-39(38)42(33-19-7-2-8-20-33)43(44(40)41)34-21-9-3-10-22-34/h1-31H. The Bertz CT molecular complexity index is 2240. The minimum Gasteiger partial charge on any atom is -0.310 e. The molecule has 0 amide bonds. The van der Waals surface area contributed by atoms with Crippen molar-refractivity contribution in [2.75, 3.05) is 4.90 Å². The molecule has 0 saturated heterocycles. The van der Waals surface area contributed by atoms with Crippen LogP contribution in [-0.4, -0.2) is 0 Å². The van der Waals surface area contributed by atoms with E-state index in [1.165, 1.54) is 54.9 Å². The first kappa shape index (κ1) is 26.7. The predicted octanol–water partition coefficient (Wildman–Crippen LogP) is 12.5. The van der Waals surface area contributed by atoms with Crippen molar-refractivity contribution in [3.8, 4) is 33.4 Å². The van der Waals surface area contributed by atoms with Crippen LogP contribution < -0.4 is 4.90 Å². The molecule has 0 aliphatic heterocycles. The van der Waals surface area contributed by atoms with Crippen LogP contribution in [0.15, 0.2) is 188 Å². The van der Waals surface area contributed by atoms with Crippen molar-refractivity contribution < 1.29 is 0 Å². The van der Waals surface area contributed by atoms with E-state index < -0.39 is 0 Å². The Balaban J connectivity index is 1.52. The molecule has 0 radical (unpaired) electrons. The Morgan fingerprint density at radius 3 is 1.42 bits per heavy atom. The van der Waals surface area contributed by atoms with E-state index in [0.29, 0.717) is 0 Å². The van der Waals surface area contributed by atoms with Crippen molar-refractivity contribution in [1.29, 1.82) is 0 Å². The lowest BCUT2D eigenvalue weighted by atomic mass is 9.84. The summed E-state index contributed by atoms with van der Waals surface area (Å²) in [4.78, 5) is 2.42. The summed E-state index contributed by atoms with van der Waals surface area (Å²) >= 11 is 0. The zero-order valence-electron chi connectivity index (χ0n) is 24.8. The lowest BCUT2D eigenvalue weighted by Gasteiger charge is -2.29. The number of hydrogen-bond acceptors (Lipinski definition) is 1. The summed E-state index contributed by atoms with van der Waals surface area (Å²) in [6.07, 6.45) is 0. The molecule has 0 heterocycles. The van der Waals surface area contributed by atoms with Gasteiger partial charge in [-0.05, 0) is 74.3 Å². The molecule has 45 heavy (non-hydrogen) atoms. The molecule has 1 nitrogen and oxygen atoms in total. The Kier molecular flexibility index (Phi) is 6.90. The number of fused-ring (bicyclic) bond motifs is 3. The van der Waals surface area contributed by atoms with Crippen LogP contribution in [0.3, 0.4) is 0 Å². The van der Waals surface area contributed by atoms with E-state index in [2.05, 4.69) is 193 Å². The van der Waals surface area contributed by atoms with Crippen LogP contribution >= 0.6 is 0 Å². The average Bonchev–Trinajstić information content (AvgIpc) is 3.13. The van der Waals surface area contributed by atoms with E-state index in [1.807, 2.05) is 0 Å². The maximum Gasteiger partial charge on any atom is 0.0546 e. The number of hydrogen-bond donors (Lipinski definition) is 0. The van der Waals surface area contributed by atoms with Crippen molar-refractivity contribution in [2.45, 2.75) is 0 Å². The SMILES string of the molecule is c1ccc(-c2cccc(N(c3ccccc3)c3cccc4c3c(-c3ccccc3)c(-c3ccccc3)c3ccccc34)c2)cc1. The van der Waals surface area contributed by atoms with Crippen LogP contribution in [0.1, 0.15) is 0 Å². The van der Waals surface area contributed by atoms with Crippen LogP contribution in [0.4, 0.5) is 17.1 Å². The molecule has 0 aromatic heterocycles. The number of para-hydroxylation sites is 1. The number of anilines is 3. The molecule has 0 aliphatic carbocycles. The minimum atomic E-state index is 1.11. The monoisotopic (exact) mass is 573 g/mol. The fourth-order valence-corrected chi connectivity index (χ4v) is 6.67. The fraction of sp³-hybridized carbons (Fsp3) is 0. The van der Waals surface area contributed by atoms with Crippen molar-refractivity contribution in [3.63, 3.8) is 0 Å². The second-order valence-electron chi connectivity index (χ2n) is 11.3. The molecule has 8 aromatic rings. The highest BCUT2D eigenvalue weighted by molar-refractivity contribution is 6.25. The molecule has 0 atom stereocenters. The van der Waals surface area contributed by atoms with E-state index >= 15 is 0 Å². The first-order valence-electron chi connectivity index (χ1n) is 15.5. The molecule has 0 saturated carbocycles.